The highest BCUT2D eigenvalue weighted by Gasteiger charge is 2.31. The van der Waals surface area contributed by atoms with Crippen LogP contribution < -0.4 is 10.5 Å². The Labute approximate surface area is 145 Å². The Bertz CT molecular complexity index is 554. The van der Waals surface area contributed by atoms with Crippen molar-refractivity contribution in [1.29, 1.82) is 0 Å². The van der Waals surface area contributed by atoms with Crippen LogP contribution in [-0.4, -0.2) is 36.0 Å². The van der Waals surface area contributed by atoms with E-state index in [0.717, 1.165) is 38.0 Å². The molecule has 1 saturated carbocycles. The molecule has 2 atom stereocenters. The van der Waals surface area contributed by atoms with Gasteiger partial charge < -0.3 is 15.4 Å². The van der Waals surface area contributed by atoms with Crippen molar-refractivity contribution in [1.82, 2.24) is 4.90 Å². The minimum Gasteiger partial charge on any atom is -0.490 e. The van der Waals surface area contributed by atoms with Gasteiger partial charge in [-0.05, 0) is 75.6 Å². The van der Waals surface area contributed by atoms with Crippen molar-refractivity contribution >= 4 is 5.91 Å². The van der Waals surface area contributed by atoms with Crippen molar-refractivity contribution in [2.24, 2.45) is 11.7 Å². The van der Waals surface area contributed by atoms with E-state index in [9.17, 15) is 4.79 Å². The van der Waals surface area contributed by atoms with Crippen molar-refractivity contribution in [3.8, 4) is 5.75 Å². The van der Waals surface area contributed by atoms with E-state index >= 15 is 0 Å². The molecule has 1 saturated heterocycles. The number of hydrogen-bond acceptors (Lipinski definition) is 3. The van der Waals surface area contributed by atoms with Gasteiger partial charge in [0.25, 0.3) is 0 Å². The number of rotatable bonds is 6. The largest absolute Gasteiger partial charge is 0.490 e. The molecule has 2 fully saturated rings. The molecule has 2 aliphatic rings. The van der Waals surface area contributed by atoms with Crippen LogP contribution in [0.25, 0.3) is 0 Å². The number of ether oxygens (including phenoxy) is 1. The van der Waals surface area contributed by atoms with Crippen LogP contribution in [0.1, 0.15) is 51.0 Å². The van der Waals surface area contributed by atoms with Gasteiger partial charge in [-0.3, -0.25) is 4.79 Å². The van der Waals surface area contributed by atoms with E-state index in [-0.39, 0.29) is 5.91 Å². The summed E-state index contributed by atoms with van der Waals surface area (Å²) in [6.07, 6.45) is 7.63. The summed E-state index contributed by atoms with van der Waals surface area (Å²) in [5.41, 5.74) is 6.94. The summed E-state index contributed by atoms with van der Waals surface area (Å²) < 4.78 is 6.06. The lowest BCUT2D eigenvalue weighted by Crippen LogP contribution is -2.34. The standard InChI is InChI=1S/C20H30N2O2/c1-15-11-17(13-21)14-22(15)20(23)10-9-16-5-4-8-19(12-16)24-18-6-2-3-7-18/h4-5,8,12,15,17-18H,2-3,6-7,9-11,13-14,21H2,1H3. The maximum Gasteiger partial charge on any atom is 0.223 e. The summed E-state index contributed by atoms with van der Waals surface area (Å²) >= 11 is 0. The molecule has 132 valence electrons. The first-order valence-electron chi connectivity index (χ1n) is 9.41. The molecular formula is C20H30N2O2. The maximum atomic E-state index is 12.5. The first kappa shape index (κ1) is 17.3. The third-order valence-electron chi connectivity index (χ3n) is 5.45. The van der Waals surface area contributed by atoms with Crippen LogP contribution >= 0.6 is 0 Å². The van der Waals surface area contributed by atoms with E-state index in [1.54, 1.807) is 0 Å². The molecule has 24 heavy (non-hydrogen) atoms. The molecule has 0 radical (unpaired) electrons. The molecular weight excluding hydrogens is 300 g/mol. The quantitative estimate of drug-likeness (QED) is 0.872. The Balaban J connectivity index is 1.51. The second kappa shape index (κ2) is 8.02. The lowest BCUT2D eigenvalue weighted by Gasteiger charge is -2.21. The summed E-state index contributed by atoms with van der Waals surface area (Å²) in [6, 6.07) is 8.57. The van der Waals surface area contributed by atoms with Gasteiger partial charge in [-0.2, -0.15) is 0 Å². The van der Waals surface area contributed by atoms with Gasteiger partial charge >= 0.3 is 0 Å². The van der Waals surface area contributed by atoms with Gasteiger partial charge in [0, 0.05) is 19.0 Å². The Morgan fingerprint density at radius 1 is 1.33 bits per heavy atom. The summed E-state index contributed by atoms with van der Waals surface area (Å²) in [5.74, 6) is 1.66. The minimum atomic E-state index is 0.251. The number of amides is 1. The molecule has 3 rings (SSSR count). The third kappa shape index (κ3) is 4.29. The lowest BCUT2D eigenvalue weighted by atomic mass is 10.1. The number of nitrogens with two attached hydrogens (primary N) is 1. The molecule has 0 bridgehead atoms. The minimum absolute atomic E-state index is 0.251. The first-order valence-corrected chi connectivity index (χ1v) is 9.41. The molecule has 0 spiro atoms. The van der Waals surface area contributed by atoms with Crippen LogP contribution in [0.2, 0.25) is 0 Å². The van der Waals surface area contributed by atoms with Gasteiger partial charge in [0.05, 0.1) is 6.10 Å². The fraction of sp³-hybridized carbons (Fsp3) is 0.650. The Hall–Kier alpha value is -1.55. The van der Waals surface area contributed by atoms with E-state index in [0.29, 0.717) is 31.0 Å². The second-order valence-electron chi connectivity index (χ2n) is 7.40. The van der Waals surface area contributed by atoms with Gasteiger partial charge in [-0.1, -0.05) is 12.1 Å². The Morgan fingerprint density at radius 3 is 2.83 bits per heavy atom. The Morgan fingerprint density at radius 2 is 2.12 bits per heavy atom. The SMILES string of the molecule is CC1CC(CN)CN1C(=O)CCc1cccc(OC2CCCC2)c1. The molecule has 2 N–H and O–H groups in total. The van der Waals surface area contributed by atoms with Crippen LogP contribution in [0.3, 0.4) is 0 Å². The van der Waals surface area contributed by atoms with E-state index in [4.69, 9.17) is 10.5 Å². The number of benzene rings is 1. The molecule has 1 aromatic rings. The first-order chi connectivity index (χ1) is 11.7. The van der Waals surface area contributed by atoms with Crippen LogP contribution in [0.4, 0.5) is 0 Å². The number of hydrogen-bond donors (Lipinski definition) is 1. The fourth-order valence-electron chi connectivity index (χ4n) is 4.03. The second-order valence-corrected chi connectivity index (χ2v) is 7.40. The van der Waals surface area contributed by atoms with Crippen molar-refractivity contribution in [2.75, 3.05) is 13.1 Å². The molecule has 1 heterocycles. The molecule has 4 nitrogen and oxygen atoms in total. The predicted molar refractivity (Wildman–Crippen MR) is 96.0 cm³/mol. The van der Waals surface area contributed by atoms with Gasteiger partial charge in [0.1, 0.15) is 5.75 Å². The molecule has 1 amide bonds. The summed E-state index contributed by atoms with van der Waals surface area (Å²) in [6.45, 7) is 3.62. The smallest absolute Gasteiger partial charge is 0.223 e. The number of aryl methyl sites for hydroxylation is 1. The van der Waals surface area contributed by atoms with Gasteiger partial charge in [0.2, 0.25) is 5.91 Å². The van der Waals surface area contributed by atoms with E-state index in [1.807, 2.05) is 17.0 Å². The number of carbonyl (C=O) groups excluding carboxylic acids is 1. The number of likely N-dealkylation sites (tertiary alicyclic amines) is 1. The van der Waals surface area contributed by atoms with E-state index in [1.165, 1.54) is 18.4 Å². The molecule has 1 aliphatic carbocycles. The summed E-state index contributed by atoms with van der Waals surface area (Å²) in [4.78, 5) is 14.5. The molecule has 1 aliphatic heterocycles. The maximum absolute atomic E-state index is 12.5. The normalized spacial score (nSPS) is 24.5. The molecule has 2 unspecified atom stereocenters. The van der Waals surface area contributed by atoms with E-state index in [2.05, 4.69) is 19.1 Å². The zero-order valence-electron chi connectivity index (χ0n) is 14.7. The van der Waals surface area contributed by atoms with Crippen molar-refractivity contribution in [3.05, 3.63) is 29.8 Å². The average molecular weight is 330 g/mol. The third-order valence-corrected chi connectivity index (χ3v) is 5.45. The van der Waals surface area contributed by atoms with Crippen LogP contribution in [0, 0.1) is 5.92 Å². The number of carbonyl (C=O) groups is 1. The lowest BCUT2D eigenvalue weighted by molar-refractivity contribution is -0.131. The van der Waals surface area contributed by atoms with Crippen molar-refractivity contribution < 1.29 is 9.53 Å². The molecule has 1 aromatic carbocycles. The highest BCUT2D eigenvalue weighted by molar-refractivity contribution is 5.77. The topological polar surface area (TPSA) is 55.6 Å². The Kier molecular flexibility index (Phi) is 5.77. The van der Waals surface area contributed by atoms with Gasteiger partial charge in [-0.25, -0.2) is 0 Å². The van der Waals surface area contributed by atoms with Crippen LogP contribution in [0.5, 0.6) is 5.75 Å². The predicted octanol–water partition coefficient (Wildman–Crippen LogP) is 3.14. The molecule has 0 aromatic heterocycles. The number of nitrogens with zero attached hydrogens (tertiary/aromatic N) is 1. The van der Waals surface area contributed by atoms with Gasteiger partial charge in [0.15, 0.2) is 0 Å². The van der Waals surface area contributed by atoms with Crippen molar-refractivity contribution in [3.63, 3.8) is 0 Å². The van der Waals surface area contributed by atoms with Crippen molar-refractivity contribution in [2.45, 2.75) is 64.0 Å². The monoisotopic (exact) mass is 330 g/mol. The highest BCUT2D eigenvalue weighted by atomic mass is 16.5. The van der Waals surface area contributed by atoms with E-state index < -0.39 is 0 Å². The zero-order chi connectivity index (χ0) is 16.9. The summed E-state index contributed by atoms with van der Waals surface area (Å²) in [7, 11) is 0. The van der Waals surface area contributed by atoms with Gasteiger partial charge in [-0.15, -0.1) is 0 Å². The van der Waals surface area contributed by atoms with Crippen LogP contribution in [0.15, 0.2) is 24.3 Å². The average Bonchev–Trinajstić information content (AvgIpc) is 3.22. The molecule has 4 heteroatoms. The summed E-state index contributed by atoms with van der Waals surface area (Å²) in [5, 5.41) is 0. The highest BCUT2D eigenvalue weighted by Crippen LogP contribution is 2.26. The fourth-order valence-corrected chi connectivity index (χ4v) is 4.03. The van der Waals surface area contributed by atoms with Crippen LogP contribution in [-0.2, 0) is 11.2 Å². The zero-order valence-corrected chi connectivity index (χ0v) is 14.7.